The predicted octanol–water partition coefficient (Wildman–Crippen LogP) is -0.336. The van der Waals surface area contributed by atoms with Crippen molar-refractivity contribution in [3.05, 3.63) is 0 Å². The minimum Gasteiger partial charge on any atom is -0.409 e. The highest BCUT2D eigenvalue weighted by molar-refractivity contribution is 5.85. The first-order chi connectivity index (χ1) is 6.44. The maximum Gasteiger partial charge on any atom is 0.251 e. The third kappa shape index (κ3) is 4.08. The number of nitrogens with two attached hydrogens (primary N) is 1. The number of ether oxygens (including phenoxy) is 1. The van der Waals surface area contributed by atoms with Crippen LogP contribution in [0.1, 0.15) is 20.3 Å². The van der Waals surface area contributed by atoms with E-state index in [2.05, 4.69) is 10.5 Å². The molecule has 0 aliphatic rings. The molecule has 14 heavy (non-hydrogen) atoms. The summed E-state index contributed by atoms with van der Waals surface area (Å²) in [6.07, 6.45) is 0.308. The molecule has 0 saturated carbocycles. The maximum atomic E-state index is 11.4. The Bertz CT molecular complexity index is 226. The number of nitrogens with zero attached hydrogens (tertiary/aromatic N) is 1. The standard InChI is InChI=1S/C8H17N3O3/c1-8(2,14-3)7(12)10-5-4-6(9)11-13/h13H,4-5H2,1-3H3,(H2,9,11)(H,10,12). The van der Waals surface area contributed by atoms with Gasteiger partial charge in [0.2, 0.25) is 0 Å². The van der Waals surface area contributed by atoms with E-state index in [1.54, 1.807) is 13.8 Å². The van der Waals surface area contributed by atoms with E-state index in [0.29, 0.717) is 13.0 Å². The van der Waals surface area contributed by atoms with E-state index in [1.165, 1.54) is 7.11 Å². The Morgan fingerprint density at radius 3 is 2.64 bits per heavy atom. The van der Waals surface area contributed by atoms with Gasteiger partial charge in [0.15, 0.2) is 0 Å². The van der Waals surface area contributed by atoms with Crippen LogP contribution in [0.5, 0.6) is 0 Å². The zero-order valence-corrected chi connectivity index (χ0v) is 8.70. The lowest BCUT2D eigenvalue weighted by Crippen LogP contribution is -2.44. The number of amidine groups is 1. The fourth-order valence-electron chi connectivity index (χ4n) is 0.660. The van der Waals surface area contributed by atoms with Crippen LogP contribution in [-0.2, 0) is 9.53 Å². The maximum absolute atomic E-state index is 11.4. The van der Waals surface area contributed by atoms with Gasteiger partial charge in [0.25, 0.3) is 5.91 Å². The molecule has 1 amide bonds. The summed E-state index contributed by atoms with van der Waals surface area (Å²) < 4.78 is 4.96. The number of rotatable bonds is 5. The number of carbonyl (C=O) groups is 1. The van der Waals surface area contributed by atoms with Gasteiger partial charge >= 0.3 is 0 Å². The van der Waals surface area contributed by atoms with Crippen LogP contribution in [0.15, 0.2) is 5.16 Å². The fraction of sp³-hybridized carbons (Fsp3) is 0.750. The summed E-state index contributed by atoms with van der Waals surface area (Å²) in [6, 6.07) is 0. The second-order valence-electron chi connectivity index (χ2n) is 3.31. The first-order valence-corrected chi connectivity index (χ1v) is 4.24. The highest BCUT2D eigenvalue weighted by Gasteiger charge is 2.26. The third-order valence-corrected chi connectivity index (χ3v) is 1.85. The molecule has 0 atom stereocenters. The Labute approximate surface area is 83.1 Å². The number of hydrogen-bond acceptors (Lipinski definition) is 4. The van der Waals surface area contributed by atoms with Gasteiger partial charge in [0.05, 0.1) is 0 Å². The van der Waals surface area contributed by atoms with E-state index in [0.717, 1.165) is 0 Å². The molecule has 0 unspecified atom stereocenters. The molecule has 0 aromatic rings. The first-order valence-electron chi connectivity index (χ1n) is 4.24. The summed E-state index contributed by atoms with van der Waals surface area (Å²) in [4.78, 5) is 11.4. The minimum absolute atomic E-state index is 0.0838. The van der Waals surface area contributed by atoms with Crippen molar-refractivity contribution in [1.82, 2.24) is 5.32 Å². The molecule has 0 aromatic heterocycles. The third-order valence-electron chi connectivity index (χ3n) is 1.85. The summed E-state index contributed by atoms with van der Waals surface area (Å²) in [5.41, 5.74) is 4.36. The number of methoxy groups -OCH3 is 1. The second kappa shape index (κ2) is 5.43. The van der Waals surface area contributed by atoms with Crippen LogP contribution < -0.4 is 11.1 Å². The van der Waals surface area contributed by atoms with Crippen molar-refractivity contribution in [1.29, 1.82) is 0 Å². The van der Waals surface area contributed by atoms with Crippen LogP contribution in [0.2, 0.25) is 0 Å². The largest absolute Gasteiger partial charge is 0.409 e. The van der Waals surface area contributed by atoms with Crippen molar-refractivity contribution in [2.45, 2.75) is 25.9 Å². The normalized spacial score (nSPS) is 12.6. The van der Waals surface area contributed by atoms with E-state index >= 15 is 0 Å². The molecule has 0 radical (unpaired) electrons. The summed E-state index contributed by atoms with van der Waals surface area (Å²) in [6.45, 7) is 3.64. The second-order valence-corrected chi connectivity index (χ2v) is 3.31. The first kappa shape index (κ1) is 12.7. The van der Waals surface area contributed by atoms with Gasteiger partial charge in [-0.25, -0.2) is 0 Å². The Morgan fingerprint density at radius 1 is 1.64 bits per heavy atom. The highest BCUT2D eigenvalue weighted by Crippen LogP contribution is 2.06. The van der Waals surface area contributed by atoms with E-state index in [1.807, 2.05) is 0 Å². The Hall–Kier alpha value is -1.30. The van der Waals surface area contributed by atoms with Gasteiger partial charge in [-0.2, -0.15) is 0 Å². The molecule has 0 spiro atoms. The predicted molar refractivity (Wildman–Crippen MR) is 52.1 cm³/mol. The topological polar surface area (TPSA) is 96.9 Å². The SMILES string of the molecule is COC(C)(C)C(=O)NCCC(N)=NO. The van der Waals surface area contributed by atoms with Gasteiger partial charge < -0.3 is 21.0 Å². The van der Waals surface area contributed by atoms with Gasteiger partial charge in [-0.3, -0.25) is 4.79 Å². The zero-order chi connectivity index (χ0) is 11.2. The fourth-order valence-corrected chi connectivity index (χ4v) is 0.660. The summed E-state index contributed by atoms with van der Waals surface area (Å²) in [7, 11) is 1.46. The molecule has 0 saturated heterocycles. The molecule has 0 rings (SSSR count). The summed E-state index contributed by atoms with van der Waals surface area (Å²) in [5, 5.41) is 13.6. The van der Waals surface area contributed by atoms with Crippen LogP contribution in [0.4, 0.5) is 0 Å². The smallest absolute Gasteiger partial charge is 0.251 e. The lowest BCUT2D eigenvalue weighted by molar-refractivity contribution is -0.139. The molecule has 0 aliphatic heterocycles. The van der Waals surface area contributed by atoms with E-state index < -0.39 is 5.60 Å². The molecule has 0 fully saturated rings. The Morgan fingerprint density at radius 2 is 2.21 bits per heavy atom. The highest BCUT2D eigenvalue weighted by atomic mass is 16.5. The van der Waals surface area contributed by atoms with Crippen molar-refractivity contribution in [3.8, 4) is 0 Å². The summed E-state index contributed by atoms with van der Waals surface area (Å²) in [5.74, 6) is -0.147. The number of carbonyl (C=O) groups excluding carboxylic acids is 1. The monoisotopic (exact) mass is 203 g/mol. The summed E-state index contributed by atoms with van der Waals surface area (Å²) >= 11 is 0. The van der Waals surface area contributed by atoms with E-state index in [4.69, 9.17) is 15.7 Å². The van der Waals surface area contributed by atoms with Gasteiger partial charge in [-0.15, -0.1) is 0 Å². The Kier molecular flexibility index (Phi) is 4.93. The minimum atomic E-state index is -0.856. The van der Waals surface area contributed by atoms with Crippen LogP contribution in [0, 0.1) is 0 Å². The lowest BCUT2D eigenvalue weighted by Gasteiger charge is -2.21. The average Bonchev–Trinajstić information content (AvgIpc) is 2.17. The Balaban J connectivity index is 3.87. The van der Waals surface area contributed by atoms with E-state index in [9.17, 15) is 4.79 Å². The molecule has 0 aromatic carbocycles. The number of hydrogen-bond donors (Lipinski definition) is 3. The van der Waals surface area contributed by atoms with E-state index in [-0.39, 0.29) is 11.7 Å². The number of nitrogens with one attached hydrogen (secondary N) is 1. The lowest BCUT2D eigenvalue weighted by atomic mass is 10.1. The molecule has 6 heteroatoms. The molecule has 4 N–H and O–H groups in total. The molecular formula is C8H17N3O3. The van der Waals surface area contributed by atoms with Crippen molar-refractivity contribution >= 4 is 11.7 Å². The molecule has 6 nitrogen and oxygen atoms in total. The molecule has 0 bridgehead atoms. The number of amides is 1. The molecule has 82 valence electrons. The molecule has 0 aliphatic carbocycles. The van der Waals surface area contributed by atoms with Crippen LogP contribution >= 0.6 is 0 Å². The molecular weight excluding hydrogens is 186 g/mol. The van der Waals surface area contributed by atoms with Crippen molar-refractivity contribution in [3.63, 3.8) is 0 Å². The van der Waals surface area contributed by atoms with Gasteiger partial charge in [0, 0.05) is 20.1 Å². The van der Waals surface area contributed by atoms with Gasteiger partial charge in [-0.05, 0) is 13.8 Å². The van der Waals surface area contributed by atoms with Gasteiger partial charge in [0.1, 0.15) is 11.4 Å². The average molecular weight is 203 g/mol. The van der Waals surface area contributed by atoms with Crippen LogP contribution in [0.3, 0.4) is 0 Å². The quantitative estimate of drug-likeness (QED) is 0.246. The number of oxime groups is 1. The zero-order valence-electron chi connectivity index (χ0n) is 8.70. The van der Waals surface area contributed by atoms with Crippen molar-refractivity contribution < 1.29 is 14.7 Å². The molecule has 0 heterocycles. The van der Waals surface area contributed by atoms with Gasteiger partial charge in [-0.1, -0.05) is 5.16 Å². The van der Waals surface area contributed by atoms with Crippen molar-refractivity contribution in [2.24, 2.45) is 10.9 Å². The van der Waals surface area contributed by atoms with Crippen LogP contribution in [0.25, 0.3) is 0 Å². The van der Waals surface area contributed by atoms with Crippen LogP contribution in [-0.4, -0.2) is 36.2 Å². The van der Waals surface area contributed by atoms with Crippen molar-refractivity contribution in [2.75, 3.05) is 13.7 Å².